The lowest BCUT2D eigenvalue weighted by Gasteiger charge is -2.07. The van der Waals surface area contributed by atoms with Gasteiger partial charge in [-0.1, -0.05) is 12.1 Å². The number of hydrogen-bond acceptors (Lipinski definition) is 7. The van der Waals surface area contributed by atoms with Gasteiger partial charge in [0.1, 0.15) is 0 Å². The van der Waals surface area contributed by atoms with Gasteiger partial charge < -0.3 is 10.1 Å². The second kappa shape index (κ2) is 8.57. The molecule has 8 nitrogen and oxygen atoms in total. The molecular weight excluding hydrogens is 382 g/mol. The minimum atomic E-state index is -0.713. The smallest absolute Gasteiger partial charge is 0.338 e. The van der Waals surface area contributed by atoms with Crippen LogP contribution in [0.1, 0.15) is 32.6 Å². The quantitative estimate of drug-likeness (QED) is 0.370. The molecule has 0 radical (unpaired) electrons. The summed E-state index contributed by atoms with van der Waals surface area (Å²) in [6.07, 6.45) is 0.532. The fourth-order valence-electron chi connectivity index (χ4n) is 2.59. The van der Waals surface area contributed by atoms with E-state index >= 15 is 0 Å². The Morgan fingerprint density at radius 3 is 2.68 bits per heavy atom. The van der Waals surface area contributed by atoms with E-state index in [9.17, 15) is 19.7 Å². The molecule has 9 heteroatoms. The van der Waals surface area contributed by atoms with Gasteiger partial charge in [-0.05, 0) is 25.1 Å². The summed E-state index contributed by atoms with van der Waals surface area (Å²) >= 11 is 1.55. The normalized spacial score (nSPS) is 10.6. The number of para-hydroxylation sites is 1. The summed E-state index contributed by atoms with van der Waals surface area (Å²) in [4.78, 5) is 39.3. The number of fused-ring (bicyclic) bond motifs is 1. The van der Waals surface area contributed by atoms with Crippen LogP contribution in [0, 0.1) is 10.1 Å². The number of ether oxygens (including phenoxy) is 1. The van der Waals surface area contributed by atoms with E-state index in [0.29, 0.717) is 13.0 Å². The van der Waals surface area contributed by atoms with Crippen LogP contribution in [0.15, 0.2) is 42.5 Å². The van der Waals surface area contributed by atoms with Crippen molar-refractivity contribution >= 4 is 39.1 Å². The van der Waals surface area contributed by atoms with Crippen LogP contribution >= 0.6 is 11.3 Å². The highest BCUT2D eigenvalue weighted by Gasteiger charge is 2.18. The topological polar surface area (TPSA) is 111 Å². The molecule has 0 bridgehead atoms. The van der Waals surface area contributed by atoms with Crippen molar-refractivity contribution in [2.24, 2.45) is 0 Å². The molecule has 2 aromatic carbocycles. The molecule has 3 rings (SSSR count). The molecule has 0 aliphatic rings. The molecule has 28 heavy (non-hydrogen) atoms. The zero-order valence-corrected chi connectivity index (χ0v) is 15.8. The number of nitro benzene ring substituents is 1. The van der Waals surface area contributed by atoms with Crippen molar-refractivity contribution in [3.05, 3.63) is 68.7 Å². The van der Waals surface area contributed by atoms with Crippen LogP contribution in [0.2, 0.25) is 0 Å². The molecule has 1 aromatic heterocycles. The van der Waals surface area contributed by atoms with E-state index < -0.39 is 16.8 Å². The van der Waals surface area contributed by atoms with Gasteiger partial charge in [0.25, 0.3) is 11.6 Å². The zero-order chi connectivity index (χ0) is 20.1. The third-order valence-corrected chi connectivity index (χ3v) is 4.96. The van der Waals surface area contributed by atoms with Gasteiger partial charge in [-0.2, -0.15) is 0 Å². The largest absolute Gasteiger partial charge is 0.462 e. The lowest BCUT2D eigenvalue weighted by atomic mass is 10.1. The Balaban J connectivity index is 1.70. The molecule has 0 spiro atoms. The van der Waals surface area contributed by atoms with Crippen LogP contribution in [0.5, 0.6) is 0 Å². The van der Waals surface area contributed by atoms with E-state index in [0.717, 1.165) is 27.4 Å². The summed E-state index contributed by atoms with van der Waals surface area (Å²) in [7, 11) is 0. The number of thiazole rings is 1. The molecule has 144 valence electrons. The van der Waals surface area contributed by atoms with Gasteiger partial charge in [0.05, 0.1) is 32.3 Å². The monoisotopic (exact) mass is 399 g/mol. The average molecular weight is 399 g/mol. The number of aromatic nitrogens is 1. The number of benzene rings is 2. The van der Waals surface area contributed by atoms with Crippen LogP contribution in [0.25, 0.3) is 10.2 Å². The van der Waals surface area contributed by atoms with E-state index in [1.165, 1.54) is 6.07 Å². The number of nitro groups is 1. The summed E-state index contributed by atoms with van der Waals surface area (Å²) in [5.41, 5.74) is 0.558. The Kier molecular flexibility index (Phi) is 5.95. The first-order valence-corrected chi connectivity index (χ1v) is 9.39. The van der Waals surface area contributed by atoms with Gasteiger partial charge in [0.15, 0.2) is 0 Å². The molecule has 3 aromatic rings. The third-order valence-electron chi connectivity index (χ3n) is 3.86. The van der Waals surface area contributed by atoms with Crippen molar-refractivity contribution in [2.75, 3.05) is 13.2 Å². The summed E-state index contributed by atoms with van der Waals surface area (Å²) in [6.45, 7) is 2.08. The second-order valence-electron chi connectivity index (χ2n) is 5.83. The maximum atomic E-state index is 12.4. The number of nitrogens with one attached hydrogen (secondary N) is 1. The van der Waals surface area contributed by atoms with Gasteiger partial charge in [-0.15, -0.1) is 11.3 Å². The van der Waals surface area contributed by atoms with E-state index in [1.54, 1.807) is 18.3 Å². The number of nitrogens with zero attached hydrogens (tertiary/aromatic N) is 2. The van der Waals surface area contributed by atoms with Crippen molar-refractivity contribution in [2.45, 2.75) is 13.3 Å². The van der Waals surface area contributed by atoms with E-state index in [-0.39, 0.29) is 23.4 Å². The van der Waals surface area contributed by atoms with Gasteiger partial charge in [0, 0.05) is 30.7 Å². The average Bonchev–Trinajstić information content (AvgIpc) is 3.10. The van der Waals surface area contributed by atoms with Crippen LogP contribution in [-0.2, 0) is 11.2 Å². The first kappa shape index (κ1) is 19.4. The lowest BCUT2D eigenvalue weighted by Crippen LogP contribution is -2.26. The van der Waals surface area contributed by atoms with Gasteiger partial charge in [0.2, 0.25) is 0 Å². The van der Waals surface area contributed by atoms with Crippen molar-refractivity contribution in [1.82, 2.24) is 10.3 Å². The molecule has 0 aliphatic heterocycles. The Labute approximate surface area is 164 Å². The molecule has 0 saturated heterocycles. The Morgan fingerprint density at radius 2 is 1.96 bits per heavy atom. The molecular formula is C19H17N3O5S. The SMILES string of the molecule is CCOC(=O)c1cc(C(=O)NCCc2nc3ccccc3s2)cc([N+](=O)[O-])c1. The first-order valence-electron chi connectivity index (χ1n) is 8.57. The molecule has 0 unspecified atom stereocenters. The zero-order valence-electron chi connectivity index (χ0n) is 15.0. The number of amides is 1. The summed E-state index contributed by atoms with van der Waals surface area (Å²) in [5.74, 6) is -1.22. The second-order valence-corrected chi connectivity index (χ2v) is 6.94. The Hall–Kier alpha value is -3.33. The van der Waals surface area contributed by atoms with E-state index in [1.807, 2.05) is 24.3 Å². The summed E-state index contributed by atoms with van der Waals surface area (Å²) in [5, 5.41) is 14.7. The maximum Gasteiger partial charge on any atom is 0.338 e. The molecule has 0 saturated carbocycles. The molecule has 1 amide bonds. The standard InChI is InChI=1S/C19H17N3O5S/c1-2-27-19(24)13-9-12(10-14(11-13)22(25)26)18(23)20-8-7-17-21-15-5-3-4-6-16(15)28-17/h3-6,9-11H,2,7-8H2,1H3,(H,20,23). The highest BCUT2D eigenvalue weighted by molar-refractivity contribution is 7.18. The number of carbonyl (C=O) groups is 2. The number of rotatable bonds is 7. The van der Waals surface area contributed by atoms with Gasteiger partial charge in [-0.25, -0.2) is 9.78 Å². The lowest BCUT2D eigenvalue weighted by molar-refractivity contribution is -0.384. The highest BCUT2D eigenvalue weighted by Crippen LogP contribution is 2.22. The van der Waals surface area contributed by atoms with Crippen molar-refractivity contribution < 1.29 is 19.2 Å². The highest BCUT2D eigenvalue weighted by atomic mass is 32.1. The predicted molar refractivity (Wildman–Crippen MR) is 105 cm³/mol. The van der Waals surface area contributed by atoms with Gasteiger partial charge >= 0.3 is 5.97 Å². The Bertz CT molecular complexity index is 1010. The van der Waals surface area contributed by atoms with Gasteiger partial charge in [-0.3, -0.25) is 14.9 Å². The number of esters is 1. The summed E-state index contributed by atoms with van der Waals surface area (Å²) < 4.78 is 5.94. The van der Waals surface area contributed by atoms with Crippen molar-refractivity contribution in [3.63, 3.8) is 0 Å². The van der Waals surface area contributed by atoms with Crippen LogP contribution in [0.3, 0.4) is 0 Å². The maximum absolute atomic E-state index is 12.4. The van der Waals surface area contributed by atoms with Crippen molar-refractivity contribution in [1.29, 1.82) is 0 Å². The Morgan fingerprint density at radius 1 is 1.21 bits per heavy atom. The molecule has 1 N–H and O–H groups in total. The predicted octanol–water partition coefficient (Wildman–Crippen LogP) is 3.35. The molecule has 0 aliphatic carbocycles. The third kappa shape index (κ3) is 4.49. The molecule has 0 atom stereocenters. The minimum absolute atomic E-state index is 0.0292. The van der Waals surface area contributed by atoms with E-state index in [2.05, 4.69) is 10.3 Å². The fraction of sp³-hybridized carbons (Fsp3) is 0.211. The fourth-order valence-corrected chi connectivity index (χ4v) is 3.56. The summed E-state index contributed by atoms with van der Waals surface area (Å²) in [6, 6.07) is 11.3. The van der Waals surface area contributed by atoms with Crippen LogP contribution in [0.4, 0.5) is 5.69 Å². The molecule has 1 heterocycles. The molecule has 0 fully saturated rings. The first-order chi connectivity index (χ1) is 13.5. The van der Waals surface area contributed by atoms with Crippen molar-refractivity contribution in [3.8, 4) is 0 Å². The van der Waals surface area contributed by atoms with Crippen LogP contribution < -0.4 is 5.32 Å². The number of non-ortho nitro benzene ring substituents is 1. The minimum Gasteiger partial charge on any atom is -0.462 e. The number of hydrogen-bond donors (Lipinski definition) is 1. The van der Waals surface area contributed by atoms with Crippen LogP contribution in [-0.4, -0.2) is 34.9 Å². The number of carbonyl (C=O) groups excluding carboxylic acids is 2. The van der Waals surface area contributed by atoms with E-state index in [4.69, 9.17) is 4.74 Å².